The molecule has 0 saturated carbocycles. The van der Waals surface area contributed by atoms with Gasteiger partial charge in [0.15, 0.2) is 0 Å². The molecule has 0 aliphatic carbocycles. The van der Waals surface area contributed by atoms with Gasteiger partial charge in [0.25, 0.3) is 0 Å². The lowest BCUT2D eigenvalue weighted by atomic mass is 10.3. The number of nitrogens with one attached hydrogen (secondary N) is 1. The molecule has 1 N–H and O–H groups in total. The van der Waals surface area contributed by atoms with Crippen molar-refractivity contribution in [2.24, 2.45) is 0 Å². The molecule has 90 valence electrons. The Hall–Kier alpha value is -1.17. The zero-order valence-electron chi connectivity index (χ0n) is 8.91. The molecule has 17 heavy (non-hydrogen) atoms. The summed E-state index contributed by atoms with van der Waals surface area (Å²) >= 11 is 11.9. The van der Waals surface area contributed by atoms with Crippen LogP contribution in [0.4, 0.5) is 4.39 Å². The maximum Gasteiger partial charge on any atom is 0.126 e. The molecule has 0 radical (unpaired) electrons. The lowest BCUT2D eigenvalue weighted by Crippen LogP contribution is -2.11. The number of hydrogen-bond donors (Lipinski definition) is 1. The molecule has 0 aliphatic rings. The van der Waals surface area contributed by atoms with E-state index < -0.39 is 5.82 Å². The fourth-order valence-corrected chi connectivity index (χ4v) is 2.10. The molecule has 0 atom stereocenters. The van der Waals surface area contributed by atoms with Crippen LogP contribution < -0.4 is 5.32 Å². The maximum atomic E-state index is 13.1. The summed E-state index contributed by atoms with van der Waals surface area (Å²) in [5, 5.41) is 11.0. The third-order valence-corrected chi connectivity index (χ3v) is 2.75. The minimum Gasteiger partial charge on any atom is -0.314 e. The predicted molar refractivity (Wildman–Crippen MR) is 64.1 cm³/mol. The van der Waals surface area contributed by atoms with Crippen molar-refractivity contribution in [1.29, 1.82) is 0 Å². The molecule has 0 bridgehead atoms. The molecule has 1 aromatic heterocycles. The number of halogens is 3. The molecule has 1 aromatic carbocycles. The van der Waals surface area contributed by atoms with E-state index in [4.69, 9.17) is 23.2 Å². The first-order valence-corrected chi connectivity index (χ1v) is 5.58. The summed E-state index contributed by atoms with van der Waals surface area (Å²) in [7, 11) is 1.80. The SMILES string of the molecule is CNCc1cnnn1-c1c(Cl)cc(F)cc1Cl. The number of aromatic nitrogens is 3. The number of benzene rings is 1. The number of hydrogen-bond acceptors (Lipinski definition) is 3. The quantitative estimate of drug-likeness (QED) is 0.935. The van der Waals surface area contributed by atoms with Gasteiger partial charge in [0, 0.05) is 6.54 Å². The van der Waals surface area contributed by atoms with E-state index in [0.29, 0.717) is 12.2 Å². The summed E-state index contributed by atoms with van der Waals surface area (Å²) in [6.45, 7) is 0.553. The van der Waals surface area contributed by atoms with Crippen LogP contribution in [0.5, 0.6) is 0 Å². The van der Waals surface area contributed by atoms with Gasteiger partial charge in [-0.3, -0.25) is 0 Å². The van der Waals surface area contributed by atoms with Gasteiger partial charge in [0.05, 0.1) is 21.9 Å². The Morgan fingerprint density at radius 3 is 2.59 bits per heavy atom. The third-order valence-electron chi connectivity index (χ3n) is 2.17. The van der Waals surface area contributed by atoms with Gasteiger partial charge in [0.2, 0.25) is 0 Å². The summed E-state index contributed by atoms with van der Waals surface area (Å²) < 4.78 is 14.6. The van der Waals surface area contributed by atoms with Crippen LogP contribution in [0.25, 0.3) is 5.69 Å². The fourth-order valence-electron chi connectivity index (χ4n) is 1.48. The molecular weight excluding hydrogens is 266 g/mol. The van der Waals surface area contributed by atoms with Crippen LogP contribution in [0.2, 0.25) is 10.0 Å². The highest BCUT2D eigenvalue weighted by atomic mass is 35.5. The molecule has 1 heterocycles. The van der Waals surface area contributed by atoms with E-state index in [1.807, 2.05) is 0 Å². The summed E-state index contributed by atoms with van der Waals surface area (Å²) in [6.07, 6.45) is 1.59. The zero-order chi connectivity index (χ0) is 12.4. The van der Waals surface area contributed by atoms with Gasteiger partial charge in [0.1, 0.15) is 11.5 Å². The second-order valence-corrected chi connectivity index (χ2v) is 4.20. The molecule has 4 nitrogen and oxygen atoms in total. The van der Waals surface area contributed by atoms with Gasteiger partial charge in [-0.1, -0.05) is 28.4 Å². The van der Waals surface area contributed by atoms with E-state index in [9.17, 15) is 4.39 Å². The van der Waals surface area contributed by atoms with E-state index in [1.54, 1.807) is 13.2 Å². The molecule has 2 rings (SSSR count). The topological polar surface area (TPSA) is 42.7 Å². The van der Waals surface area contributed by atoms with Crippen LogP contribution in [0, 0.1) is 5.82 Å². The van der Waals surface area contributed by atoms with Crippen LogP contribution >= 0.6 is 23.2 Å². The molecule has 0 amide bonds. The van der Waals surface area contributed by atoms with Crippen molar-refractivity contribution in [3.05, 3.63) is 39.9 Å². The summed E-state index contributed by atoms with van der Waals surface area (Å²) in [6, 6.07) is 2.38. The minimum absolute atomic E-state index is 0.192. The third kappa shape index (κ3) is 2.41. The van der Waals surface area contributed by atoms with Crippen LogP contribution in [-0.2, 0) is 6.54 Å². The maximum absolute atomic E-state index is 13.1. The molecule has 7 heteroatoms. The van der Waals surface area contributed by atoms with E-state index in [-0.39, 0.29) is 10.0 Å². The van der Waals surface area contributed by atoms with Crippen LogP contribution in [0.1, 0.15) is 5.69 Å². The average molecular weight is 275 g/mol. The van der Waals surface area contributed by atoms with Crippen molar-refractivity contribution < 1.29 is 4.39 Å². The highest BCUT2D eigenvalue weighted by Gasteiger charge is 2.14. The van der Waals surface area contributed by atoms with Gasteiger partial charge in [-0.15, -0.1) is 5.10 Å². The lowest BCUT2D eigenvalue weighted by molar-refractivity contribution is 0.626. The van der Waals surface area contributed by atoms with Crippen molar-refractivity contribution in [2.75, 3.05) is 7.05 Å². The van der Waals surface area contributed by atoms with Crippen molar-refractivity contribution in [3.8, 4) is 5.69 Å². The van der Waals surface area contributed by atoms with Gasteiger partial charge in [-0.2, -0.15) is 0 Å². The Morgan fingerprint density at radius 2 is 2.00 bits per heavy atom. The summed E-state index contributed by atoms with van der Waals surface area (Å²) in [5.74, 6) is -0.487. The second-order valence-electron chi connectivity index (χ2n) is 3.39. The van der Waals surface area contributed by atoms with Crippen molar-refractivity contribution in [1.82, 2.24) is 20.3 Å². The van der Waals surface area contributed by atoms with Crippen LogP contribution in [0.15, 0.2) is 18.3 Å². The first kappa shape index (κ1) is 12.3. The van der Waals surface area contributed by atoms with Gasteiger partial charge in [-0.25, -0.2) is 9.07 Å². The lowest BCUT2D eigenvalue weighted by Gasteiger charge is -2.09. The van der Waals surface area contributed by atoms with Crippen LogP contribution in [0.3, 0.4) is 0 Å². The Morgan fingerprint density at radius 1 is 1.35 bits per heavy atom. The molecule has 0 spiro atoms. The van der Waals surface area contributed by atoms with E-state index in [0.717, 1.165) is 5.69 Å². The molecule has 0 unspecified atom stereocenters. The standard InChI is InChI=1S/C10H9Cl2FN4/c1-14-4-7-5-15-16-17(7)10-8(11)2-6(13)3-9(10)12/h2-3,5,14H,4H2,1H3. The smallest absolute Gasteiger partial charge is 0.126 e. The Balaban J connectivity index is 2.56. The normalized spacial score (nSPS) is 10.8. The highest BCUT2D eigenvalue weighted by molar-refractivity contribution is 6.37. The van der Waals surface area contributed by atoms with Crippen molar-refractivity contribution >= 4 is 23.2 Å². The van der Waals surface area contributed by atoms with E-state index >= 15 is 0 Å². The average Bonchev–Trinajstić information content (AvgIpc) is 2.65. The van der Waals surface area contributed by atoms with E-state index in [1.165, 1.54) is 16.8 Å². The van der Waals surface area contributed by atoms with Gasteiger partial charge in [-0.05, 0) is 19.2 Å². The predicted octanol–water partition coefficient (Wildman–Crippen LogP) is 2.43. The molecule has 0 fully saturated rings. The van der Waals surface area contributed by atoms with Gasteiger partial charge >= 0.3 is 0 Å². The highest BCUT2D eigenvalue weighted by Crippen LogP contribution is 2.29. The first-order valence-electron chi connectivity index (χ1n) is 4.82. The van der Waals surface area contributed by atoms with E-state index in [2.05, 4.69) is 15.6 Å². The molecule has 0 aliphatic heterocycles. The number of nitrogens with zero attached hydrogens (tertiary/aromatic N) is 3. The number of rotatable bonds is 3. The first-order chi connectivity index (χ1) is 8.13. The molecule has 2 aromatic rings. The van der Waals surface area contributed by atoms with Crippen molar-refractivity contribution in [2.45, 2.75) is 6.54 Å². The van der Waals surface area contributed by atoms with Crippen molar-refractivity contribution in [3.63, 3.8) is 0 Å². The summed E-state index contributed by atoms with van der Waals surface area (Å²) in [4.78, 5) is 0. The van der Waals surface area contributed by atoms with Gasteiger partial charge < -0.3 is 5.32 Å². The Kier molecular flexibility index (Phi) is 3.61. The molecule has 0 saturated heterocycles. The Labute approximate surface area is 107 Å². The second kappa shape index (κ2) is 5.00. The van der Waals surface area contributed by atoms with Crippen LogP contribution in [-0.4, -0.2) is 22.0 Å². The fraction of sp³-hybridized carbons (Fsp3) is 0.200. The zero-order valence-corrected chi connectivity index (χ0v) is 10.4. The monoisotopic (exact) mass is 274 g/mol. The minimum atomic E-state index is -0.487. The largest absolute Gasteiger partial charge is 0.314 e. The summed E-state index contributed by atoms with van der Waals surface area (Å²) in [5.41, 5.74) is 1.21. The molecular formula is C10H9Cl2FN4. The Bertz CT molecular complexity index is 518.